The number of ether oxygens (including phenoxy) is 1. The zero-order valence-electron chi connectivity index (χ0n) is 13.0. The Morgan fingerprint density at radius 2 is 2.00 bits per heavy atom. The Labute approximate surface area is 145 Å². The van der Waals surface area contributed by atoms with Crippen molar-refractivity contribution in [3.05, 3.63) is 15.7 Å². The molecule has 0 bridgehead atoms. The summed E-state index contributed by atoms with van der Waals surface area (Å²) < 4.78 is 6.61. The Kier molecular flexibility index (Phi) is 5.09. The van der Waals surface area contributed by atoms with Crippen molar-refractivity contribution in [2.24, 2.45) is 0 Å². The Hall–Kier alpha value is -0.600. The Morgan fingerprint density at radius 1 is 1.32 bits per heavy atom. The number of aromatic nitrogens is 1. The zero-order valence-corrected chi connectivity index (χ0v) is 15.2. The van der Waals surface area contributed by atoms with Gasteiger partial charge in [0.15, 0.2) is 0 Å². The first-order chi connectivity index (χ1) is 10.5. The zero-order chi connectivity index (χ0) is 15.6. The molecule has 2 aliphatic rings. The van der Waals surface area contributed by atoms with Crippen molar-refractivity contribution in [1.82, 2.24) is 4.98 Å². The van der Waals surface area contributed by atoms with Gasteiger partial charge in [-0.2, -0.15) is 0 Å². The minimum atomic E-state index is -0.136. The van der Waals surface area contributed by atoms with Gasteiger partial charge in [0.05, 0.1) is 19.3 Å². The minimum absolute atomic E-state index is 0.0267. The number of rotatable bonds is 3. The Bertz CT molecular complexity index is 512. The van der Waals surface area contributed by atoms with E-state index in [9.17, 15) is 5.11 Å². The maximum absolute atomic E-state index is 9.70. The molecule has 0 spiro atoms. The number of nitrogens with zero attached hydrogens (tertiary/aromatic N) is 2. The molecule has 122 valence electrons. The number of nitrogens with one attached hydrogen (secondary N) is 1. The van der Waals surface area contributed by atoms with Crippen LogP contribution in [0, 0.1) is 3.57 Å². The lowest BCUT2D eigenvalue weighted by atomic mass is 9.82. The quantitative estimate of drug-likeness (QED) is 0.741. The first-order valence-electron chi connectivity index (χ1n) is 8.01. The summed E-state index contributed by atoms with van der Waals surface area (Å²) in [6.45, 7) is 5.57. The summed E-state index contributed by atoms with van der Waals surface area (Å²) in [5.74, 6) is 1.96. The Morgan fingerprint density at radius 3 is 2.68 bits per heavy atom. The second-order valence-electron chi connectivity index (χ2n) is 6.55. The fraction of sp³-hybridized carbons (Fsp3) is 0.688. The van der Waals surface area contributed by atoms with E-state index in [1.54, 1.807) is 0 Å². The van der Waals surface area contributed by atoms with Crippen LogP contribution in [0.3, 0.4) is 0 Å². The third-order valence-corrected chi connectivity index (χ3v) is 5.22. The maximum Gasteiger partial charge on any atom is 0.132 e. The molecule has 1 aromatic heterocycles. The van der Waals surface area contributed by atoms with Gasteiger partial charge >= 0.3 is 0 Å². The van der Waals surface area contributed by atoms with Crippen LogP contribution in [0.2, 0.25) is 0 Å². The average molecular weight is 417 g/mol. The van der Waals surface area contributed by atoms with E-state index in [1.807, 2.05) is 0 Å². The molecule has 2 fully saturated rings. The number of pyridine rings is 1. The van der Waals surface area contributed by atoms with Crippen LogP contribution in [-0.4, -0.2) is 48.0 Å². The molecule has 1 aromatic rings. The fourth-order valence-corrected chi connectivity index (χ4v) is 3.75. The molecule has 5 nitrogen and oxygen atoms in total. The topological polar surface area (TPSA) is 57.6 Å². The molecular formula is C16H24IN3O2. The largest absolute Gasteiger partial charge is 0.393 e. The van der Waals surface area contributed by atoms with Crippen LogP contribution in [0.25, 0.3) is 0 Å². The van der Waals surface area contributed by atoms with Crippen molar-refractivity contribution < 1.29 is 9.84 Å². The van der Waals surface area contributed by atoms with E-state index in [1.165, 1.54) is 3.57 Å². The van der Waals surface area contributed by atoms with Crippen molar-refractivity contribution in [2.75, 3.05) is 36.5 Å². The summed E-state index contributed by atoms with van der Waals surface area (Å²) in [4.78, 5) is 7.09. The van der Waals surface area contributed by atoms with Crippen molar-refractivity contribution in [2.45, 2.75) is 44.2 Å². The van der Waals surface area contributed by atoms with Crippen LogP contribution in [0.1, 0.15) is 32.6 Å². The number of halogens is 1. The summed E-state index contributed by atoms with van der Waals surface area (Å²) in [7, 11) is 0. The number of hydrogen-bond acceptors (Lipinski definition) is 5. The lowest BCUT2D eigenvalue weighted by molar-refractivity contribution is 0.108. The first-order valence-corrected chi connectivity index (χ1v) is 9.08. The second-order valence-corrected chi connectivity index (χ2v) is 7.79. The van der Waals surface area contributed by atoms with Gasteiger partial charge in [0.25, 0.3) is 0 Å². The van der Waals surface area contributed by atoms with Gasteiger partial charge in [0.2, 0.25) is 0 Å². The monoisotopic (exact) mass is 417 g/mol. The number of morpholine rings is 1. The molecule has 22 heavy (non-hydrogen) atoms. The lowest BCUT2D eigenvalue weighted by Crippen LogP contribution is -2.41. The molecule has 0 radical (unpaired) electrons. The van der Waals surface area contributed by atoms with Crippen molar-refractivity contribution in [3.63, 3.8) is 0 Å². The van der Waals surface area contributed by atoms with Gasteiger partial charge in [0, 0.05) is 22.2 Å². The van der Waals surface area contributed by atoms with Gasteiger partial charge in [-0.05, 0) is 67.3 Å². The van der Waals surface area contributed by atoms with Crippen molar-refractivity contribution in [1.29, 1.82) is 0 Å². The first kappa shape index (κ1) is 16.3. The van der Waals surface area contributed by atoms with Crippen molar-refractivity contribution >= 4 is 34.2 Å². The molecule has 0 unspecified atom stereocenters. The van der Waals surface area contributed by atoms with Crippen LogP contribution in [0.4, 0.5) is 11.6 Å². The molecule has 0 amide bonds. The highest BCUT2D eigenvalue weighted by Gasteiger charge is 2.30. The molecule has 2 N–H and O–H groups in total. The van der Waals surface area contributed by atoms with E-state index in [2.05, 4.69) is 51.9 Å². The second kappa shape index (κ2) is 6.88. The fourth-order valence-electron chi connectivity index (χ4n) is 3.18. The number of hydrogen-bond donors (Lipinski definition) is 2. The van der Waals surface area contributed by atoms with Crippen LogP contribution in [0.15, 0.2) is 12.1 Å². The Balaban J connectivity index is 1.74. The summed E-state index contributed by atoms with van der Waals surface area (Å²) in [5, 5.41) is 13.3. The predicted octanol–water partition coefficient (Wildman–Crippen LogP) is 2.63. The highest BCUT2D eigenvalue weighted by molar-refractivity contribution is 14.1. The third kappa shape index (κ3) is 4.02. The summed E-state index contributed by atoms with van der Waals surface area (Å²) in [6.07, 6.45) is 3.55. The molecule has 2 heterocycles. The standard InChI is InChI=1S/C16H24IN3O2/c1-16(4-2-13(21)3-5-16)19-14-10-12(17)11-15(18-14)20-6-8-22-9-7-20/h10-11,13,21H,2-9H2,1H3,(H,18,19). The highest BCUT2D eigenvalue weighted by atomic mass is 127. The summed E-state index contributed by atoms with van der Waals surface area (Å²) >= 11 is 2.35. The summed E-state index contributed by atoms with van der Waals surface area (Å²) in [6, 6.07) is 4.23. The van der Waals surface area contributed by atoms with Crippen molar-refractivity contribution in [3.8, 4) is 0 Å². The van der Waals surface area contributed by atoms with Crippen LogP contribution >= 0.6 is 22.6 Å². The van der Waals surface area contributed by atoms with Gasteiger partial charge in [0.1, 0.15) is 11.6 Å². The van der Waals surface area contributed by atoms with Crippen LogP contribution in [-0.2, 0) is 4.74 Å². The molecule has 0 aromatic carbocycles. The number of aliphatic hydroxyl groups excluding tert-OH is 1. The van der Waals surface area contributed by atoms with Gasteiger partial charge in [-0.3, -0.25) is 0 Å². The van der Waals surface area contributed by atoms with E-state index in [-0.39, 0.29) is 11.6 Å². The smallest absolute Gasteiger partial charge is 0.132 e. The maximum atomic E-state index is 9.70. The normalized spacial score (nSPS) is 29.4. The summed E-state index contributed by atoms with van der Waals surface area (Å²) in [5.41, 5.74) is 0.0267. The van der Waals surface area contributed by atoms with E-state index in [0.29, 0.717) is 0 Å². The third-order valence-electron chi connectivity index (χ3n) is 4.60. The number of anilines is 2. The molecule has 1 aliphatic carbocycles. The molecule has 0 atom stereocenters. The lowest BCUT2D eigenvalue weighted by Gasteiger charge is -2.37. The van der Waals surface area contributed by atoms with Gasteiger partial charge in [-0.15, -0.1) is 0 Å². The molecular weight excluding hydrogens is 393 g/mol. The SMILES string of the molecule is CC1(Nc2cc(I)cc(N3CCOCC3)n2)CCC(O)CC1. The number of aliphatic hydroxyl groups is 1. The molecule has 3 rings (SSSR count). The van der Waals surface area contributed by atoms with Gasteiger partial charge in [-0.25, -0.2) is 4.98 Å². The van der Waals surface area contributed by atoms with Gasteiger partial charge in [-0.1, -0.05) is 0 Å². The van der Waals surface area contributed by atoms with Crippen LogP contribution < -0.4 is 10.2 Å². The van der Waals surface area contributed by atoms with E-state index < -0.39 is 0 Å². The van der Waals surface area contributed by atoms with Crippen LogP contribution in [0.5, 0.6) is 0 Å². The minimum Gasteiger partial charge on any atom is -0.393 e. The predicted molar refractivity (Wildman–Crippen MR) is 96.5 cm³/mol. The van der Waals surface area contributed by atoms with E-state index in [0.717, 1.165) is 63.6 Å². The van der Waals surface area contributed by atoms with E-state index in [4.69, 9.17) is 9.72 Å². The average Bonchev–Trinajstić information content (AvgIpc) is 2.51. The molecule has 1 saturated carbocycles. The molecule has 1 saturated heterocycles. The molecule has 6 heteroatoms. The molecule has 1 aliphatic heterocycles. The highest BCUT2D eigenvalue weighted by Crippen LogP contribution is 2.32. The van der Waals surface area contributed by atoms with Gasteiger partial charge < -0.3 is 20.1 Å². The van der Waals surface area contributed by atoms with E-state index >= 15 is 0 Å².